The highest BCUT2D eigenvalue weighted by Gasteiger charge is 2.26. The molecule has 0 bridgehead atoms. The minimum Gasteiger partial charge on any atom is -0.505 e. The fourth-order valence-electron chi connectivity index (χ4n) is 3.63. The Hall–Kier alpha value is -2.30. The van der Waals surface area contributed by atoms with Crippen molar-refractivity contribution in [2.24, 2.45) is 0 Å². The van der Waals surface area contributed by atoms with Gasteiger partial charge in [-0.05, 0) is 54.3 Å². The zero-order valence-electron chi connectivity index (χ0n) is 14.1. The van der Waals surface area contributed by atoms with Gasteiger partial charge < -0.3 is 15.2 Å². The zero-order chi connectivity index (χ0) is 17.6. The van der Waals surface area contributed by atoms with E-state index in [1.165, 1.54) is 5.56 Å². The number of hydrogen-bond donors (Lipinski definition) is 2. The van der Waals surface area contributed by atoms with Crippen LogP contribution in [0.5, 0.6) is 11.5 Å². The van der Waals surface area contributed by atoms with E-state index in [9.17, 15) is 5.11 Å². The Balaban J connectivity index is 1.93. The second-order valence-electron chi connectivity index (χ2n) is 6.35. The number of fused-ring (bicyclic) bond motifs is 2. The number of aromatic nitrogens is 1. The van der Waals surface area contributed by atoms with Gasteiger partial charge in [0.25, 0.3) is 0 Å². The highest BCUT2D eigenvalue weighted by atomic mass is 35.5. The number of nitrogens with zero attached hydrogens (tertiary/aromatic N) is 1. The van der Waals surface area contributed by atoms with Gasteiger partial charge in [-0.1, -0.05) is 17.7 Å². The summed E-state index contributed by atoms with van der Waals surface area (Å²) in [6, 6.07) is 9.58. The highest BCUT2D eigenvalue weighted by molar-refractivity contribution is 6.35. The van der Waals surface area contributed by atoms with E-state index in [0.29, 0.717) is 10.5 Å². The van der Waals surface area contributed by atoms with Gasteiger partial charge in [0.2, 0.25) is 0 Å². The molecular formula is C20H19ClN2O2. The monoisotopic (exact) mass is 354 g/mol. The van der Waals surface area contributed by atoms with E-state index in [1.807, 2.05) is 25.1 Å². The molecule has 0 spiro atoms. The Morgan fingerprint density at radius 3 is 2.92 bits per heavy atom. The molecule has 5 heteroatoms. The lowest BCUT2D eigenvalue weighted by atomic mass is 9.87. The molecule has 1 unspecified atom stereocenters. The van der Waals surface area contributed by atoms with E-state index in [0.717, 1.165) is 40.8 Å². The lowest BCUT2D eigenvalue weighted by Gasteiger charge is -2.29. The number of phenolic OH excluding ortho intramolecular Hbond substituents is 1. The Labute approximate surface area is 151 Å². The van der Waals surface area contributed by atoms with Crippen LogP contribution in [0.25, 0.3) is 10.9 Å². The summed E-state index contributed by atoms with van der Waals surface area (Å²) in [5.41, 5.74) is 4.75. The van der Waals surface area contributed by atoms with Crippen molar-refractivity contribution in [1.29, 1.82) is 0 Å². The van der Waals surface area contributed by atoms with Crippen molar-refractivity contribution in [3.05, 3.63) is 63.8 Å². The van der Waals surface area contributed by atoms with Crippen LogP contribution in [-0.4, -0.2) is 23.7 Å². The summed E-state index contributed by atoms with van der Waals surface area (Å²) >= 11 is 6.46. The predicted octanol–water partition coefficient (Wildman–Crippen LogP) is 4.15. The fraction of sp³-hybridized carbons (Fsp3) is 0.250. The summed E-state index contributed by atoms with van der Waals surface area (Å²) in [7, 11) is 1.67. The van der Waals surface area contributed by atoms with Gasteiger partial charge in [-0.2, -0.15) is 0 Å². The van der Waals surface area contributed by atoms with Gasteiger partial charge in [0, 0.05) is 23.7 Å². The van der Waals surface area contributed by atoms with Gasteiger partial charge in [0.15, 0.2) is 0 Å². The third kappa shape index (κ3) is 2.62. The van der Waals surface area contributed by atoms with E-state index in [2.05, 4.69) is 22.4 Å². The second kappa shape index (κ2) is 6.21. The van der Waals surface area contributed by atoms with Crippen molar-refractivity contribution in [2.45, 2.75) is 19.4 Å². The first-order chi connectivity index (χ1) is 12.1. The molecule has 0 saturated heterocycles. The first kappa shape index (κ1) is 16.2. The van der Waals surface area contributed by atoms with Crippen molar-refractivity contribution in [2.75, 3.05) is 13.7 Å². The number of hydrogen-bond acceptors (Lipinski definition) is 4. The van der Waals surface area contributed by atoms with Crippen LogP contribution in [0.4, 0.5) is 0 Å². The molecule has 0 radical (unpaired) electrons. The second-order valence-corrected chi connectivity index (χ2v) is 6.76. The molecule has 128 valence electrons. The van der Waals surface area contributed by atoms with Crippen molar-refractivity contribution in [1.82, 2.24) is 10.3 Å². The molecule has 1 aliphatic rings. The van der Waals surface area contributed by atoms with Crippen molar-refractivity contribution in [3.63, 3.8) is 0 Å². The smallest absolute Gasteiger partial charge is 0.147 e. The van der Waals surface area contributed by atoms with Crippen LogP contribution in [-0.2, 0) is 6.42 Å². The number of rotatable bonds is 2. The minimum atomic E-state index is -0.151. The summed E-state index contributed by atoms with van der Waals surface area (Å²) in [5.74, 6) is 1.02. The Kier molecular flexibility index (Phi) is 4.02. The normalized spacial score (nSPS) is 16.7. The Morgan fingerprint density at radius 2 is 2.12 bits per heavy atom. The lowest BCUT2D eigenvalue weighted by Crippen LogP contribution is -2.30. The largest absolute Gasteiger partial charge is 0.505 e. The molecule has 1 atom stereocenters. The maximum absolute atomic E-state index is 10.8. The maximum Gasteiger partial charge on any atom is 0.147 e. The Bertz CT molecular complexity index is 972. The number of ether oxygens (including phenoxy) is 1. The van der Waals surface area contributed by atoms with Gasteiger partial charge in [-0.15, -0.1) is 0 Å². The van der Waals surface area contributed by atoms with E-state index < -0.39 is 0 Å². The van der Waals surface area contributed by atoms with Crippen LogP contribution in [0.3, 0.4) is 0 Å². The van der Waals surface area contributed by atoms with Crippen LogP contribution >= 0.6 is 11.6 Å². The van der Waals surface area contributed by atoms with E-state index in [-0.39, 0.29) is 11.8 Å². The highest BCUT2D eigenvalue weighted by Crippen LogP contribution is 2.41. The predicted molar refractivity (Wildman–Crippen MR) is 99.7 cm³/mol. The lowest BCUT2D eigenvalue weighted by molar-refractivity contribution is 0.408. The molecule has 2 N–H and O–H groups in total. The molecule has 0 aliphatic carbocycles. The van der Waals surface area contributed by atoms with Gasteiger partial charge in [-0.3, -0.25) is 4.98 Å². The number of nitrogens with one attached hydrogen (secondary N) is 1. The maximum atomic E-state index is 10.8. The molecule has 1 aromatic heterocycles. The number of halogens is 1. The zero-order valence-corrected chi connectivity index (χ0v) is 14.9. The number of aryl methyl sites for hydroxylation is 1. The van der Waals surface area contributed by atoms with Gasteiger partial charge >= 0.3 is 0 Å². The van der Waals surface area contributed by atoms with Gasteiger partial charge in [-0.25, -0.2) is 0 Å². The first-order valence-electron chi connectivity index (χ1n) is 8.27. The molecule has 0 fully saturated rings. The van der Waals surface area contributed by atoms with Crippen LogP contribution in [0.2, 0.25) is 5.02 Å². The topological polar surface area (TPSA) is 54.4 Å². The van der Waals surface area contributed by atoms with Crippen LogP contribution in [0, 0.1) is 6.92 Å². The van der Waals surface area contributed by atoms with Crippen LogP contribution in [0.1, 0.15) is 28.3 Å². The summed E-state index contributed by atoms with van der Waals surface area (Å²) in [5, 5.41) is 15.7. The SMILES string of the molecule is COc1cc2c(cc1C)CCNC2c1cc(Cl)c2cccnc2c1O. The third-order valence-electron chi connectivity index (χ3n) is 4.87. The van der Waals surface area contributed by atoms with Crippen molar-refractivity contribution in [3.8, 4) is 11.5 Å². The van der Waals surface area contributed by atoms with E-state index >= 15 is 0 Å². The number of benzene rings is 2. The van der Waals surface area contributed by atoms with Gasteiger partial charge in [0.1, 0.15) is 17.0 Å². The van der Waals surface area contributed by atoms with E-state index in [1.54, 1.807) is 13.3 Å². The number of phenols is 1. The number of pyridine rings is 1. The van der Waals surface area contributed by atoms with Crippen LogP contribution in [0.15, 0.2) is 36.5 Å². The molecular weight excluding hydrogens is 336 g/mol. The summed E-state index contributed by atoms with van der Waals surface area (Å²) < 4.78 is 5.49. The molecule has 4 nitrogen and oxygen atoms in total. The number of methoxy groups -OCH3 is 1. The number of aromatic hydroxyl groups is 1. The summed E-state index contributed by atoms with van der Waals surface area (Å²) in [6.07, 6.45) is 2.60. The molecule has 2 heterocycles. The molecule has 2 aromatic carbocycles. The van der Waals surface area contributed by atoms with Crippen molar-refractivity contribution < 1.29 is 9.84 Å². The molecule has 4 rings (SSSR count). The molecule has 25 heavy (non-hydrogen) atoms. The molecule has 0 saturated carbocycles. The van der Waals surface area contributed by atoms with E-state index in [4.69, 9.17) is 16.3 Å². The molecule has 1 aliphatic heterocycles. The molecule has 3 aromatic rings. The third-order valence-corrected chi connectivity index (χ3v) is 5.18. The van der Waals surface area contributed by atoms with Crippen molar-refractivity contribution >= 4 is 22.5 Å². The summed E-state index contributed by atoms with van der Waals surface area (Å²) in [6.45, 7) is 2.88. The average Bonchev–Trinajstić information content (AvgIpc) is 2.63. The first-order valence-corrected chi connectivity index (χ1v) is 8.65. The fourth-order valence-corrected chi connectivity index (χ4v) is 3.90. The van der Waals surface area contributed by atoms with Crippen LogP contribution < -0.4 is 10.1 Å². The Morgan fingerprint density at radius 1 is 1.28 bits per heavy atom. The summed E-state index contributed by atoms with van der Waals surface area (Å²) in [4.78, 5) is 4.31. The van der Waals surface area contributed by atoms with Gasteiger partial charge in [0.05, 0.1) is 18.2 Å². The average molecular weight is 355 g/mol. The minimum absolute atomic E-state index is 0.151. The quantitative estimate of drug-likeness (QED) is 0.726. The standard InChI is InChI=1S/C20H19ClN2O2/c1-11-8-12-5-7-23-18(14(12)10-17(11)25-2)15-9-16(21)13-4-3-6-22-19(13)20(15)24/h3-4,6,8-10,18,23-24H,5,7H2,1-2H3. The molecule has 0 amide bonds.